The van der Waals surface area contributed by atoms with Crippen LogP contribution in [-0.2, 0) is 6.42 Å². The summed E-state index contributed by atoms with van der Waals surface area (Å²) in [5.74, 6) is 1.31. The molecule has 0 saturated carbocycles. The summed E-state index contributed by atoms with van der Waals surface area (Å²) in [4.78, 5) is 6.85. The van der Waals surface area contributed by atoms with Crippen molar-refractivity contribution in [2.45, 2.75) is 12.8 Å². The topological polar surface area (TPSA) is 53.9 Å². The summed E-state index contributed by atoms with van der Waals surface area (Å²) in [6.45, 7) is 0.938. The molecule has 0 aliphatic carbocycles. The fourth-order valence-corrected chi connectivity index (χ4v) is 3.18. The third kappa shape index (κ3) is 3.10. The lowest BCUT2D eigenvalue weighted by atomic mass is 10.0. The SMILES string of the molecule is Brc1ccc(Nc2nncc(N3CCCc4ccccc43)n2)cc1. The van der Waals surface area contributed by atoms with Gasteiger partial charge in [0.25, 0.3) is 0 Å². The largest absolute Gasteiger partial charge is 0.325 e. The standard InChI is InChI=1S/C18H16BrN5/c19-14-7-9-15(10-8-14)21-18-22-17(12-20-23-18)24-11-3-5-13-4-1-2-6-16(13)24/h1-2,4,6-10,12H,3,5,11H2,(H,21,22,23). The van der Waals surface area contributed by atoms with Crippen molar-refractivity contribution in [3.8, 4) is 0 Å². The highest BCUT2D eigenvalue weighted by atomic mass is 79.9. The van der Waals surface area contributed by atoms with E-state index in [1.54, 1.807) is 6.20 Å². The second-order valence-corrected chi connectivity index (χ2v) is 6.57. The first kappa shape index (κ1) is 15.1. The number of nitrogens with one attached hydrogen (secondary N) is 1. The quantitative estimate of drug-likeness (QED) is 0.725. The van der Waals surface area contributed by atoms with E-state index < -0.39 is 0 Å². The van der Waals surface area contributed by atoms with Crippen LogP contribution in [0.15, 0.2) is 59.2 Å². The summed E-state index contributed by atoms with van der Waals surface area (Å²) in [6, 6.07) is 16.3. The molecule has 0 atom stereocenters. The molecule has 0 radical (unpaired) electrons. The Bertz CT molecular complexity index is 850. The van der Waals surface area contributed by atoms with Gasteiger partial charge < -0.3 is 10.2 Å². The molecule has 0 saturated heterocycles. The van der Waals surface area contributed by atoms with Crippen molar-refractivity contribution in [2.24, 2.45) is 0 Å². The number of aromatic nitrogens is 3. The zero-order chi connectivity index (χ0) is 16.4. The molecular formula is C18H16BrN5. The Kier molecular flexibility index (Phi) is 4.13. The van der Waals surface area contributed by atoms with Crippen LogP contribution in [0.4, 0.5) is 23.1 Å². The van der Waals surface area contributed by atoms with Crippen LogP contribution >= 0.6 is 15.9 Å². The summed E-state index contributed by atoms with van der Waals surface area (Å²) in [7, 11) is 0. The molecule has 4 rings (SSSR count). The molecule has 0 fully saturated rings. The molecule has 0 spiro atoms. The van der Waals surface area contributed by atoms with Crippen molar-refractivity contribution in [2.75, 3.05) is 16.8 Å². The number of nitrogens with zero attached hydrogens (tertiary/aromatic N) is 4. The lowest BCUT2D eigenvalue weighted by molar-refractivity contribution is 0.754. The number of aryl methyl sites for hydroxylation is 1. The van der Waals surface area contributed by atoms with Gasteiger partial charge in [0, 0.05) is 22.4 Å². The molecule has 2 aromatic carbocycles. The molecule has 0 bridgehead atoms. The Hall–Kier alpha value is -2.47. The van der Waals surface area contributed by atoms with Crippen molar-refractivity contribution < 1.29 is 0 Å². The first-order valence-electron chi connectivity index (χ1n) is 7.87. The third-order valence-electron chi connectivity index (χ3n) is 4.03. The molecule has 24 heavy (non-hydrogen) atoms. The fraction of sp³-hybridized carbons (Fsp3) is 0.167. The van der Waals surface area contributed by atoms with Crippen molar-refractivity contribution in [3.63, 3.8) is 0 Å². The molecule has 120 valence electrons. The van der Waals surface area contributed by atoms with E-state index in [1.165, 1.54) is 11.3 Å². The van der Waals surface area contributed by atoms with E-state index in [-0.39, 0.29) is 0 Å². The summed E-state index contributed by atoms with van der Waals surface area (Å²) in [6.07, 6.45) is 3.93. The summed E-state index contributed by atoms with van der Waals surface area (Å²) < 4.78 is 1.03. The summed E-state index contributed by atoms with van der Waals surface area (Å²) >= 11 is 3.43. The van der Waals surface area contributed by atoms with Gasteiger partial charge in [0.2, 0.25) is 5.95 Å². The average Bonchev–Trinajstić information content (AvgIpc) is 2.63. The second-order valence-electron chi connectivity index (χ2n) is 5.65. The molecule has 1 aromatic heterocycles. The Labute approximate surface area is 148 Å². The number of rotatable bonds is 3. The van der Waals surface area contributed by atoms with E-state index in [9.17, 15) is 0 Å². The van der Waals surface area contributed by atoms with Crippen LogP contribution in [0.2, 0.25) is 0 Å². The minimum absolute atomic E-state index is 0.498. The maximum absolute atomic E-state index is 4.64. The van der Waals surface area contributed by atoms with Gasteiger partial charge in [-0.3, -0.25) is 0 Å². The number of anilines is 4. The van der Waals surface area contributed by atoms with Crippen molar-refractivity contribution >= 4 is 39.1 Å². The summed E-state index contributed by atoms with van der Waals surface area (Å²) in [5.41, 5.74) is 3.49. The first-order valence-corrected chi connectivity index (χ1v) is 8.67. The predicted octanol–water partition coefficient (Wildman–Crippen LogP) is 4.46. The zero-order valence-corrected chi connectivity index (χ0v) is 14.6. The van der Waals surface area contributed by atoms with E-state index in [1.807, 2.05) is 24.3 Å². The van der Waals surface area contributed by atoms with Gasteiger partial charge in [0.05, 0.1) is 6.20 Å². The van der Waals surface area contributed by atoms with Crippen LogP contribution < -0.4 is 10.2 Å². The highest BCUT2D eigenvalue weighted by molar-refractivity contribution is 9.10. The minimum Gasteiger partial charge on any atom is -0.325 e. The molecule has 1 aliphatic rings. The number of hydrogen-bond acceptors (Lipinski definition) is 5. The Morgan fingerprint density at radius 3 is 2.75 bits per heavy atom. The molecule has 0 amide bonds. The maximum atomic E-state index is 4.64. The van der Waals surface area contributed by atoms with Gasteiger partial charge in [0.15, 0.2) is 5.82 Å². The zero-order valence-electron chi connectivity index (χ0n) is 13.0. The van der Waals surface area contributed by atoms with Crippen molar-refractivity contribution in [3.05, 3.63) is 64.8 Å². The van der Waals surface area contributed by atoms with E-state index in [4.69, 9.17) is 0 Å². The highest BCUT2D eigenvalue weighted by Gasteiger charge is 2.19. The fourth-order valence-electron chi connectivity index (χ4n) is 2.91. The molecule has 0 unspecified atom stereocenters. The van der Waals surface area contributed by atoms with Crippen LogP contribution in [-0.4, -0.2) is 21.7 Å². The van der Waals surface area contributed by atoms with Crippen LogP contribution in [0.1, 0.15) is 12.0 Å². The van der Waals surface area contributed by atoms with Gasteiger partial charge in [0.1, 0.15) is 0 Å². The van der Waals surface area contributed by atoms with Gasteiger partial charge in [-0.15, -0.1) is 5.10 Å². The van der Waals surface area contributed by atoms with E-state index in [0.717, 1.165) is 35.4 Å². The highest BCUT2D eigenvalue weighted by Crippen LogP contribution is 2.32. The van der Waals surface area contributed by atoms with Gasteiger partial charge in [-0.2, -0.15) is 10.1 Å². The van der Waals surface area contributed by atoms with Crippen LogP contribution in [0.5, 0.6) is 0 Å². The predicted molar refractivity (Wildman–Crippen MR) is 99.0 cm³/mol. The molecule has 2 heterocycles. The lowest BCUT2D eigenvalue weighted by Gasteiger charge is -2.30. The third-order valence-corrected chi connectivity index (χ3v) is 4.56. The van der Waals surface area contributed by atoms with Crippen LogP contribution in [0.3, 0.4) is 0 Å². The molecule has 1 aliphatic heterocycles. The molecule has 3 aromatic rings. The maximum Gasteiger partial charge on any atom is 0.249 e. The van der Waals surface area contributed by atoms with E-state index >= 15 is 0 Å². The number of para-hydroxylation sites is 1. The molecular weight excluding hydrogens is 366 g/mol. The number of fused-ring (bicyclic) bond motifs is 1. The van der Waals surface area contributed by atoms with Crippen molar-refractivity contribution in [1.82, 2.24) is 15.2 Å². The van der Waals surface area contributed by atoms with Gasteiger partial charge >= 0.3 is 0 Å². The smallest absolute Gasteiger partial charge is 0.249 e. The average molecular weight is 382 g/mol. The first-order chi connectivity index (χ1) is 11.8. The Morgan fingerprint density at radius 1 is 1.04 bits per heavy atom. The van der Waals surface area contributed by atoms with Crippen LogP contribution in [0.25, 0.3) is 0 Å². The second kappa shape index (κ2) is 6.57. The minimum atomic E-state index is 0.498. The number of hydrogen-bond donors (Lipinski definition) is 1. The molecule has 6 heteroatoms. The number of benzene rings is 2. The Balaban J connectivity index is 1.62. The van der Waals surface area contributed by atoms with Gasteiger partial charge in [-0.1, -0.05) is 34.1 Å². The molecule has 5 nitrogen and oxygen atoms in total. The Morgan fingerprint density at radius 2 is 1.88 bits per heavy atom. The van der Waals surface area contributed by atoms with Gasteiger partial charge in [-0.05, 0) is 48.7 Å². The van der Waals surface area contributed by atoms with Crippen LogP contribution in [0, 0.1) is 0 Å². The van der Waals surface area contributed by atoms with E-state index in [0.29, 0.717) is 5.95 Å². The lowest BCUT2D eigenvalue weighted by Crippen LogP contribution is -2.25. The normalized spacial score (nSPS) is 13.5. The van der Waals surface area contributed by atoms with E-state index in [2.05, 4.69) is 65.6 Å². The molecule has 1 N–H and O–H groups in total. The van der Waals surface area contributed by atoms with Gasteiger partial charge in [-0.25, -0.2) is 0 Å². The number of halogens is 1. The van der Waals surface area contributed by atoms with Crippen molar-refractivity contribution in [1.29, 1.82) is 0 Å². The monoisotopic (exact) mass is 381 g/mol. The summed E-state index contributed by atoms with van der Waals surface area (Å²) in [5, 5.41) is 11.4.